The monoisotopic (exact) mass is 177 g/mol. The first-order chi connectivity index (χ1) is 5.00. The summed E-state index contributed by atoms with van der Waals surface area (Å²) in [5, 5.41) is 10.1. The summed E-state index contributed by atoms with van der Waals surface area (Å²) in [7, 11) is -3.86. The molecule has 5 nitrogen and oxygen atoms in total. The quantitative estimate of drug-likeness (QED) is 0.612. The van der Waals surface area contributed by atoms with Crippen molar-refractivity contribution in [1.29, 1.82) is 0 Å². The van der Waals surface area contributed by atoms with Gasteiger partial charge in [-0.25, -0.2) is 13.6 Å². The van der Waals surface area contributed by atoms with E-state index in [1.165, 1.54) is 0 Å². The average Bonchev–Trinajstić information content (AvgIpc) is 1.86. The summed E-state index contributed by atoms with van der Waals surface area (Å²) >= 11 is 0. The fourth-order valence-electron chi connectivity index (χ4n) is 0.456. The molecule has 1 aromatic rings. The lowest BCUT2D eigenvalue weighted by Gasteiger charge is -1.92. The Labute approximate surface area is 62.1 Å². The van der Waals surface area contributed by atoms with Crippen LogP contribution < -0.4 is 5.14 Å². The lowest BCUT2D eigenvalue weighted by atomic mass is 10.6. The van der Waals surface area contributed by atoms with Crippen LogP contribution in [0.3, 0.4) is 0 Å². The van der Waals surface area contributed by atoms with Crippen molar-refractivity contribution in [3.05, 3.63) is 18.1 Å². The van der Waals surface area contributed by atoms with Crippen molar-refractivity contribution in [2.75, 3.05) is 0 Å². The van der Waals surface area contributed by atoms with E-state index in [0.717, 1.165) is 12.1 Å². The zero-order valence-corrected chi connectivity index (χ0v) is 6.05. The first-order valence-corrected chi connectivity index (χ1v) is 4.07. The highest BCUT2D eigenvalue weighted by Crippen LogP contribution is 1.99. The molecule has 7 heteroatoms. The largest absolute Gasteiger partial charge is 0.257 e. The molecule has 1 heterocycles. The van der Waals surface area contributed by atoms with Crippen LogP contribution in [0.15, 0.2) is 17.2 Å². The Morgan fingerprint density at radius 2 is 2.00 bits per heavy atom. The van der Waals surface area contributed by atoms with Crippen molar-refractivity contribution in [2.45, 2.75) is 5.03 Å². The Morgan fingerprint density at radius 1 is 1.36 bits per heavy atom. The lowest BCUT2D eigenvalue weighted by Crippen LogP contribution is -2.14. The molecule has 0 saturated carbocycles. The molecule has 0 atom stereocenters. The number of hydrogen-bond acceptors (Lipinski definition) is 4. The molecule has 11 heavy (non-hydrogen) atoms. The van der Waals surface area contributed by atoms with Gasteiger partial charge in [-0.1, -0.05) is 0 Å². The van der Waals surface area contributed by atoms with E-state index in [0.29, 0.717) is 0 Å². The standard InChI is InChI=1S/C4H4FN3O2S/c5-3-1-2-4(8-7-3)11(6,9)10/h1-2H,(H2,6,9,10). The van der Waals surface area contributed by atoms with Crippen molar-refractivity contribution < 1.29 is 12.8 Å². The van der Waals surface area contributed by atoms with Gasteiger partial charge in [-0.2, -0.15) is 4.39 Å². The van der Waals surface area contributed by atoms with E-state index in [4.69, 9.17) is 0 Å². The first-order valence-electron chi connectivity index (χ1n) is 2.52. The molecule has 1 aromatic heterocycles. The summed E-state index contributed by atoms with van der Waals surface area (Å²) in [4.78, 5) is 0. The second-order valence-electron chi connectivity index (χ2n) is 1.74. The highest BCUT2D eigenvalue weighted by Gasteiger charge is 2.09. The zero-order chi connectivity index (χ0) is 8.48. The van der Waals surface area contributed by atoms with E-state index in [1.807, 2.05) is 0 Å². The number of nitrogens with zero attached hydrogens (tertiary/aromatic N) is 2. The van der Waals surface area contributed by atoms with Crippen molar-refractivity contribution >= 4 is 10.0 Å². The van der Waals surface area contributed by atoms with Crippen molar-refractivity contribution in [2.24, 2.45) is 5.14 Å². The highest BCUT2D eigenvalue weighted by atomic mass is 32.2. The summed E-state index contributed by atoms with van der Waals surface area (Å²) in [5.41, 5.74) is 0. The Morgan fingerprint density at radius 3 is 2.36 bits per heavy atom. The molecule has 0 fully saturated rings. The molecule has 0 aliphatic rings. The van der Waals surface area contributed by atoms with Crippen LogP contribution >= 0.6 is 0 Å². The molecule has 0 saturated heterocycles. The molecule has 0 aromatic carbocycles. The maximum Gasteiger partial charge on any atom is 0.257 e. The van der Waals surface area contributed by atoms with Crippen LogP contribution in [-0.2, 0) is 10.0 Å². The number of primary sulfonamides is 1. The third-order valence-electron chi connectivity index (χ3n) is 0.899. The second-order valence-corrected chi connectivity index (χ2v) is 3.25. The molecule has 0 aliphatic heterocycles. The number of nitrogens with two attached hydrogens (primary N) is 1. The van der Waals surface area contributed by atoms with Crippen LogP contribution in [0.5, 0.6) is 0 Å². The molecule has 0 amide bonds. The molecule has 0 bridgehead atoms. The van der Waals surface area contributed by atoms with Gasteiger partial charge in [-0.3, -0.25) is 0 Å². The number of sulfonamides is 1. The predicted octanol–water partition coefficient (Wildman–Crippen LogP) is -0.737. The molecule has 0 spiro atoms. The number of rotatable bonds is 1. The van der Waals surface area contributed by atoms with Crippen LogP contribution in [0.4, 0.5) is 4.39 Å². The third-order valence-corrected chi connectivity index (χ3v) is 1.70. The molecular weight excluding hydrogens is 173 g/mol. The Hall–Kier alpha value is -1.08. The van der Waals surface area contributed by atoms with Gasteiger partial charge in [0.2, 0.25) is 5.95 Å². The van der Waals surface area contributed by atoms with Crippen LogP contribution in [0.1, 0.15) is 0 Å². The Balaban J connectivity index is 3.20. The normalized spacial score (nSPS) is 11.5. The van der Waals surface area contributed by atoms with Crippen LogP contribution in [-0.4, -0.2) is 18.6 Å². The highest BCUT2D eigenvalue weighted by molar-refractivity contribution is 7.89. The SMILES string of the molecule is NS(=O)(=O)c1ccc(F)nn1. The first kappa shape index (κ1) is 8.02. The summed E-state index contributed by atoms with van der Waals surface area (Å²) < 4.78 is 33.1. The molecular formula is C4H4FN3O2S. The van der Waals surface area contributed by atoms with Crippen molar-refractivity contribution in [1.82, 2.24) is 10.2 Å². The number of halogens is 1. The molecule has 0 unspecified atom stereocenters. The van der Waals surface area contributed by atoms with Crippen LogP contribution in [0.25, 0.3) is 0 Å². The lowest BCUT2D eigenvalue weighted by molar-refractivity contribution is 0.547. The van der Waals surface area contributed by atoms with E-state index < -0.39 is 21.0 Å². The maximum atomic E-state index is 12.1. The summed E-state index contributed by atoms with van der Waals surface area (Å²) in [6.45, 7) is 0. The fourth-order valence-corrected chi connectivity index (χ4v) is 0.868. The molecule has 0 aliphatic carbocycles. The summed E-state index contributed by atoms with van der Waals surface area (Å²) in [6, 6.07) is 1.81. The predicted molar refractivity (Wildman–Crippen MR) is 33.4 cm³/mol. The Bertz CT molecular complexity index is 346. The summed E-state index contributed by atoms with van der Waals surface area (Å²) in [6.07, 6.45) is 0. The van der Waals surface area contributed by atoms with Crippen LogP contribution in [0, 0.1) is 5.95 Å². The van der Waals surface area contributed by atoms with Gasteiger partial charge in [0.05, 0.1) is 0 Å². The zero-order valence-electron chi connectivity index (χ0n) is 5.23. The second kappa shape index (κ2) is 2.51. The van der Waals surface area contributed by atoms with Crippen molar-refractivity contribution in [3.8, 4) is 0 Å². The van der Waals surface area contributed by atoms with Gasteiger partial charge in [0.15, 0.2) is 5.03 Å². The minimum absolute atomic E-state index is 0.445. The summed E-state index contributed by atoms with van der Waals surface area (Å²) in [5.74, 6) is -0.850. The molecule has 2 N–H and O–H groups in total. The Kier molecular flexibility index (Phi) is 1.83. The number of hydrogen-bond donors (Lipinski definition) is 1. The van der Waals surface area contributed by atoms with E-state index in [9.17, 15) is 12.8 Å². The van der Waals surface area contributed by atoms with Gasteiger partial charge >= 0.3 is 0 Å². The van der Waals surface area contributed by atoms with Gasteiger partial charge in [0, 0.05) is 0 Å². The van der Waals surface area contributed by atoms with E-state index >= 15 is 0 Å². The third kappa shape index (κ3) is 1.92. The maximum absolute atomic E-state index is 12.1. The average molecular weight is 177 g/mol. The van der Waals surface area contributed by atoms with Crippen molar-refractivity contribution in [3.63, 3.8) is 0 Å². The van der Waals surface area contributed by atoms with E-state index in [1.54, 1.807) is 0 Å². The minimum atomic E-state index is -3.86. The van der Waals surface area contributed by atoms with E-state index in [2.05, 4.69) is 15.3 Å². The molecule has 1 rings (SSSR count). The van der Waals surface area contributed by atoms with Crippen LogP contribution in [0.2, 0.25) is 0 Å². The van der Waals surface area contributed by atoms with Gasteiger partial charge in [0.1, 0.15) is 0 Å². The fraction of sp³-hybridized carbons (Fsp3) is 0. The minimum Gasteiger partial charge on any atom is -0.223 e. The van der Waals surface area contributed by atoms with Gasteiger partial charge in [-0.15, -0.1) is 10.2 Å². The molecule has 60 valence electrons. The number of aromatic nitrogens is 2. The smallest absolute Gasteiger partial charge is 0.223 e. The van der Waals surface area contributed by atoms with Gasteiger partial charge < -0.3 is 0 Å². The van der Waals surface area contributed by atoms with Gasteiger partial charge in [-0.05, 0) is 12.1 Å². The van der Waals surface area contributed by atoms with Gasteiger partial charge in [0.25, 0.3) is 10.0 Å². The van der Waals surface area contributed by atoms with E-state index in [-0.39, 0.29) is 0 Å². The topological polar surface area (TPSA) is 85.9 Å². The molecule has 0 radical (unpaired) electrons.